The summed E-state index contributed by atoms with van der Waals surface area (Å²) >= 11 is 19.6. The molecule has 2 aromatic heterocycles. The number of nitrogens with two attached hydrogens (primary N) is 1. The first kappa shape index (κ1) is 34.4. The predicted octanol–water partition coefficient (Wildman–Crippen LogP) is 7.34. The van der Waals surface area contributed by atoms with E-state index in [0.717, 1.165) is 5.71 Å². The van der Waals surface area contributed by atoms with Gasteiger partial charge in [-0.25, -0.2) is 9.37 Å². The Morgan fingerprint density at radius 1 is 1.19 bits per heavy atom. The van der Waals surface area contributed by atoms with E-state index in [1.54, 1.807) is 24.1 Å². The van der Waals surface area contributed by atoms with Crippen molar-refractivity contribution in [2.24, 2.45) is 16.8 Å². The molecule has 2 aliphatic rings. The van der Waals surface area contributed by atoms with Crippen molar-refractivity contribution in [2.75, 3.05) is 23.7 Å². The number of hydrogen-bond acceptors (Lipinski definition) is 7. The fourth-order valence-electron chi connectivity index (χ4n) is 6.88. The Hall–Kier alpha value is -3.91. The van der Waals surface area contributed by atoms with Gasteiger partial charge in [0.15, 0.2) is 5.82 Å². The highest BCUT2D eigenvalue weighted by atomic mass is 35.5. The topological polar surface area (TPSA) is 121 Å². The SMILES string of the molecule is C=CC(=O)N1[C@H](C)CN(c2c(C#N)c(=O)n(C3C(C(C)C)=NC=C[C@H]3C)c3nc(-c4c(C)c(Cl)c(F)c(Cl)c4N)c(Cl)cc23)C[C@@H]1C. The van der Waals surface area contributed by atoms with Crippen molar-refractivity contribution < 1.29 is 9.18 Å². The molecular formula is C34H35Cl3FN7O2. The molecule has 0 radical (unpaired) electrons. The fraction of sp³-hybridized carbons (Fsp3) is 0.382. The third-order valence-corrected chi connectivity index (χ3v) is 10.1. The number of allylic oxidation sites excluding steroid dienone is 1. The quantitative estimate of drug-likeness (QED) is 0.169. The minimum atomic E-state index is -0.861. The first-order valence-electron chi connectivity index (χ1n) is 15.2. The maximum atomic E-state index is 14.8. The summed E-state index contributed by atoms with van der Waals surface area (Å²) in [6, 6.07) is 2.68. The zero-order valence-electron chi connectivity index (χ0n) is 26.9. The van der Waals surface area contributed by atoms with Crippen LogP contribution in [0.3, 0.4) is 0 Å². The summed E-state index contributed by atoms with van der Waals surface area (Å²) in [5, 5.41) is 10.5. The summed E-state index contributed by atoms with van der Waals surface area (Å²) in [7, 11) is 0. The van der Waals surface area contributed by atoms with Crippen molar-refractivity contribution in [2.45, 2.75) is 59.7 Å². The number of piperazine rings is 1. The van der Waals surface area contributed by atoms with Crippen LogP contribution in [0.2, 0.25) is 15.1 Å². The zero-order valence-corrected chi connectivity index (χ0v) is 29.2. The highest BCUT2D eigenvalue weighted by Gasteiger charge is 2.37. The minimum absolute atomic E-state index is 0.0453. The van der Waals surface area contributed by atoms with Gasteiger partial charge in [-0.2, -0.15) is 5.26 Å². The lowest BCUT2D eigenvalue weighted by atomic mass is 9.88. The third-order valence-electron chi connectivity index (χ3n) is 9.00. The van der Waals surface area contributed by atoms with Crippen LogP contribution >= 0.6 is 34.8 Å². The van der Waals surface area contributed by atoms with Crippen LogP contribution < -0.4 is 16.2 Å². The van der Waals surface area contributed by atoms with Gasteiger partial charge in [-0.1, -0.05) is 68.2 Å². The first-order valence-corrected chi connectivity index (χ1v) is 16.3. The maximum Gasteiger partial charge on any atom is 0.272 e. The second kappa shape index (κ2) is 12.9. The number of carbonyl (C=O) groups is 1. The average molecular weight is 699 g/mol. The lowest BCUT2D eigenvalue weighted by Gasteiger charge is -2.45. The van der Waals surface area contributed by atoms with Crippen molar-refractivity contribution in [3.05, 3.63) is 73.4 Å². The van der Waals surface area contributed by atoms with E-state index < -0.39 is 17.4 Å². The van der Waals surface area contributed by atoms with Gasteiger partial charge >= 0.3 is 0 Å². The van der Waals surface area contributed by atoms with Gasteiger partial charge in [-0.3, -0.25) is 19.1 Å². The van der Waals surface area contributed by atoms with Crippen LogP contribution in [0.5, 0.6) is 0 Å². The summed E-state index contributed by atoms with van der Waals surface area (Å²) in [5.74, 6) is -1.31. The van der Waals surface area contributed by atoms with Crippen molar-refractivity contribution >= 4 is 68.8 Å². The minimum Gasteiger partial charge on any atom is -0.397 e. The molecule has 47 heavy (non-hydrogen) atoms. The molecule has 2 aliphatic heterocycles. The molecule has 246 valence electrons. The first-order chi connectivity index (χ1) is 22.2. The smallest absolute Gasteiger partial charge is 0.272 e. The van der Waals surface area contributed by atoms with Crippen LogP contribution in [0.25, 0.3) is 22.3 Å². The Morgan fingerprint density at radius 2 is 1.83 bits per heavy atom. The maximum absolute atomic E-state index is 14.8. The zero-order chi connectivity index (χ0) is 34.6. The van der Waals surface area contributed by atoms with Gasteiger partial charge < -0.3 is 15.5 Å². The number of aromatic nitrogens is 2. The molecule has 0 spiro atoms. The van der Waals surface area contributed by atoms with Gasteiger partial charge in [0, 0.05) is 54.0 Å². The van der Waals surface area contributed by atoms with E-state index in [9.17, 15) is 19.2 Å². The van der Waals surface area contributed by atoms with E-state index in [-0.39, 0.29) is 78.6 Å². The molecule has 5 rings (SSSR count). The molecule has 9 nitrogen and oxygen atoms in total. The highest BCUT2D eigenvalue weighted by molar-refractivity contribution is 6.39. The summed E-state index contributed by atoms with van der Waals surface area (Å²) in [4.78, 5) is 40.6. The van der Waals surface area contributed by atoms with Crippen LogP contribution in [0.15, 0.2) is 40.8 Å². The Bertz CT molecular complexity index is 1960. The second-order valence-corrected chi connectivity index (χ2v) is 13.6. The second-order valence-electron chi connectivity index (χ2n) is 12.5. The Kier molecular flexibility index (Phi) is 9.48. The third kappa shape index (κ3) is 5.58. The van der Waals surface area contributed by atoms with Gasteiger partial charge in [0.05, 0.1) is 33.2 Å². The monoisotopic (exact) mass is 697 g/mol. The van der Waals surface area contributed by atoms with E-state index in [0.29, 0.717) is 24.2 Å². The Balaban J connectivity index is 1.91. The highest BCUT2D eigenvalue weighted by Crippen LogP contribution is 2.45. The number of hydrogen-bond donors (Lipinski definition) is 1. The number of pyridine rings is 2. The van der Waals surface area contributed by atoms with Gasteiger partial charge in [-0.15, -0.1) is 0 Å². The number of benzene rings is 1. The number of rotatable bonds is 5. The summed E-state index contributed by atoms with van der Waals surface area (Å²) < 4.78 is 16.3. The normalized spacial score (nSPS) is 21.3. The van der Waals surface area contributed by atoms with Crippen molar-refractivity contribution in [3.8, 4) is 17.3 Å². The summed E-state index contributed by atoms with van der Waals surface area (Å²) in [6.45, 7) is 15.6. The lowest BCUT2D eigenvalue weighted by Crippen LogP contribution is -2.58. The number of carbonyl (C=O) groups excluding carboxylic acids is 1. The molecule has 4 atom stereocenters. The van der Waals surface area contributed by atoms with Crippen LogP contribution in [-0.2, 0) is 4.79 Å². The van der Waals surface area contributed by atoms with Crippen molar-refractivity contribution in [1.82, 2.24) is 14.5 Å². The van der Waals surface area contributed by atoms with Crippen molar-refractivity contribution in [3.63, 3.8) is 0 Å². The van der Waals surface area contributed by atoms with Crippen LogP contribution in [0, 0.1) is 35.9 Å². The predicted molar refractivity (Wildman–Crippen MR) is 188 cm³/mol. The van der Waals surface area contributed by atoms with Crippen molar-refractivity contribution in [1.29, 1.82) is 5.26 Å². The van der Waals surface area contributed by atoms with Gasteiger partial charge in [0.25, 0.3) is 5.56 Å². The van der Waals surface area contributed by atoms with E-state index >= 15 is 0 Å². The molecule has 2 N–H and O–H groups in total. The molecule has 1 fully saturated rings. The van der Waals surface area contributed by atoms with Gasteiger partial charge in [0.2, 0.25) is 5.91 Å². The number of halogens is 4. The average Bonchev–Trinajstić information content (AvgIpc) is 3.02. The molecule has 0 saturated carbocycles. The number of amides is 1. The lowest BCUT2D eigenvalue weighted by molar-refractivity contribution is -0.130. The van der Waals surface area contributed by atoms with Crippen LogP contribution in [-0.4, -0.2) is 51.2 Å². The summed E-state index contributed by atoms with van der Waals surface area (Å²) in [6.07, 6.45) is 4.89. The molecule has 4 heterocycles. The molecule has 1 aromatic carbocycles. The van der Waals surface area contributed by atoms with Crippen LogP contribution in [0.1, 0.15) is 51.8 Å². The van der Waals surface area contributed by atoms with E-state index in [1.807, 2.05) is 45.6 Å². The van der Waals surface area contributed by atoms with E-state index in [4.69, 9.17) is 45.5 Å². The van der Waals surface area contributed by atoms with E-state index in [1.165, 1.54) is 10.6 Å². The molecule has 0 bridgehead atoms. The number of nitrogen functional groups attached to an aromatic ring is 1. The number of aliphatic imine (C=N–C) groups is 1. The molecule has 0 aliphatic carbocycles. The number of anilines is 2. The van der Waals surface area contributed by atoms with Crippen LogP contribution in [0.4, 0.5) is 15.8 Å². The number of nitriles is 1. The molecule has 1 saturated heterocycles. The number of fused-ring (bicyclic) bond motifs is 1. The molecule has 13 heteroatoms. The Labute approximate surface area is 287 Å². The Morgan fingerprint density at radius 3 is 2.40 bits per heavy atom. The molecule has 3 aromatic rings. The molecule has 1 amide bonds. The fourth-order valence-corrected chi connectivity index (χ4v) is 7.55. The molecular weight excluding hydrogens is 664 g/mol. The standard InChI is InChI=1S/C34H35Cl3FN7O2/c1-8-23(46)44-17(5)13-43(14-18(44)6)32-20-11-22(35)30(24-19(7)25(36)27(38)26(37)28(24)40)42-33(20)45(34(47)21(32)12-39)31-16(4)9-10-41-29(31)15(2)3/h8-11,15-18,31H,1,13-14,40H2,2-7H3/t16-,17-,18+,31?/m1/s1. The largest absolute Gasteiger partial charge is 0.397 e. The van der Waals surface area contributed by atoms with Gasteiger partial charge in [-0.05, 0) is 44.4 Å². The number of nitrogens with zero attached hydrogens (tertiary/aromatic N) is 6. The van der Waals surface area contributed by atoms with Gasteiger partial charge in [0.1, 0.15) is 22.3 Å². The summed E-state index contributed by atoms with van der Waals surface area (Å²) in [5.41, 5.74) is 7.57. The van der Waals surface area contributed by atoms with E-state index in [2.05, 4.69) is 17.6 Å². The molecule has 1 unspecified atom stereocenters.